The lowest BCUT2D eigenvalue weighted by atomic mass is 10.0. The average molecular weight is 437 g/mol. The molecule has 2 N–H and O–H groups in total. The van der Waals surface area contributed by atoms with E-state index in [1.165, 1.54) is 29.2 Å². The molecule has 3 aromatic rings. The van der Waals surface area contributed by atoms with E-state index in [0.29, 0.717) is 34.1 Å². The smallest absolute Gasteiger partial charge is 0.339 e. The van der Waals surface area contributed by atoms with Gasteiger partial charge in [-0.05, 0) is 49.2 Å². The quantitative estimate of drug-likeness (QED) is 0.545. The van der Waals surface area contributed by atoms with Gasteiger partial charge in [0.15, 0.2) is 6.61 Å². The minimum absolute atomic E-state index is 0.0193. The standard InChI is InChI=1S/C24H24FN3O4/c1-3-19-15(2)23(18-6-4-5-7-20(18)27-19)24(31)32-14-22(30)28(13-12-21(26)29)17-10-8-16(25)9-11-17/h4-11H,3,12-14H2,1-2H3,(H2,26,29). The zero-order chi connectivity index (χ0) is 23.3. The van der Waals surface area contributed by atoms with Crippen LogP contribution in [0, 0.1) is 12.7 Å². The Bertz CT molecular complexity index is 1160. The summed E-state index contributed by atoms with van der Waals surface area (Å²) in [5, 5.41) is 0.642. The number of primary amides is 1. The van der Waals surface area contributed by atoms with Crippen LogP contribution >= 0.6 is 0 Å². The zero-order valence-corrected chi connectivity index (χ0v) is 17.9. The molecule has 0 aliphatic heterocycles. The molecule has 0 aliphatic carbocycles. The third kappa shape index (κ3) is 5.08. The van der Waals surface area contributed by atoms with Gasteiger partial charge in [0.1, 0.15) is 5.82 Å². The molecular formula is C24H24FN3O4. The number of pyridine rings is 1. The molecule has 3 rings (SSSR count). The van der Waals surface area contributed by atoms with Crippen LogP contribution in [-0.2, 0) is 20.7 Å². The molecule has 0 saturated heterocycles. The number of hydrogen-bond acceptors (Lipinski definition) is 5. The number of aromatic nitrogens is 1. The largest absolute Gasteiger partial charge is 0.452 e. The van der Waals surface area contributed by atoms with Crippen molar-refractivity contribution in [2.24, 2.45) is 5.73 Å². The summed E-state index contributed by atoms with van der Waals surface area (Å²) in [6.07, 6.45) is 0.548. The van der Waals surface area contributed by atoms with Crippen LogP contribution in [0.2, 0.25) is 0 Å². The molecule has 7 nitrogen and oxygen atoms in total. The summed E-state index contributed by atoms with van der Waals surface area (Å²) >= 11 is 0. The van der Waals surface area contributed by atoms with Gasteiger partial charge < -0.3 is 15.4 Å². The Morgan fingerprint density at radius 2 is 1.78 bits per heavy atom. The molecule has 0 fully saturated rings. The van der Waals surface area contributed by atoms with Crippen LogP contribution in [0.1, 0.15) is 35.0 Å². The number of para-hydroxylation sites is 1. The number of nitrogens with two attached hydrogens (primary N) is 1. The zero-order valence-electron chi connectivity index (χ0n) is 17.9. The molecule has 0 bridgehead atoms. The molecule has 32 heavy (non-hydrogen) atoms. The predicted octanol–water partition coefficient (Wildman–Crippen LogP) is 3.31. The minimum atomic E-state index is -0.641. The van der Waals surface area contributed by atoms with Crippen molar-refractivity contribution in [3.05, 3.63) is 71.2 Å². The highest BCUT2D eigenvalue weighted by Crippen LogP contribution is 2.24. The number of benzene rings is 2. The molecule has 2 amide bonds. The van der Waals surface area contributed by atoms with Crippen molar-refractivity contribution in [3.8, 4) is 0 Å². The molecule has 1 heterocycles. The summed E-state index contributed by atoms with van der Waals surface area (Å²) in [5.74, 6) is -2.25. The Labute approximate surface area is 185 Å². The van der Waals surface area contributed by atoms with E-state index in [4.69, 9.17) is 10.5 Å². The Balaban J connectivity index is 1.83. The number of rotatable bonds is 8. The number of halogens is 1. The minimum Gasteiger partial charge on any atom is -0.452 e. The lowest BCUT2D eigenvalue weighted by Gasteiger charge is -2.22. The second kappa shape index (κ2) is 10.00. The number of anilines is 1. The van der Waals surface area contributed by atoms with Gasteiger partial charge in [-0.1, -0.05) is 25.1 Å². The number of ether oxygens (including phenoxy) is 1. The van der Waals surface area contributed by atoms with E-state index in [1.54, 1.807) is 19.1 Å². The van der Waals surface area contributed by atoms with E-state index in [2.05, 4.69) is 4.98 Å². The van der Waals surface area contributed by atoms with Gasteiger partial charge in [0.25, 0.3) is 5.91 Å². The first-order valence-corrected chi connectivity index (χ1v) is 10.2. The van der Waals surface area contributed by atoms with Crippen LogP contribution < -0.4 is 10.6 Å². The number of aryl methyl sites for hydroxylation is 1. The first-order valence-electron chi connectivity index (χ1n) is 10.2. The van der Waals surface area contributed by atoms with Gasteiger partial charge in [-0.25, -0.2) is 9.18 Å². The molecule has 2 aromatic carbocycles. The normalized spacial score (nSPS) is 10.7. The van der Waals surface area contributed by atoms with Crippen molar-refractivity contribution in [1.29, 1.82) is 0 Å². The first-order chi connectivity index (χ1) is 15.3. The Hall–Kier alpha value is -3.81. The SMILES string of the molecule is CCc1nc2ccccc2c(C(=O)OCC(=O)N(CCC(N)=O)c2ccc(F)cc2)c1C. The molecule has 0 aliphatic rings. The van der Waals surface area contributed by atoms with E-state index >= 15 is 0 Å². The van der Waals surface area contributed by atoms with Crippen molar-refractivity contribution >= 4 is 34.4 Å². The molecule has 0 unspecified atom stereocenters. The van der Waals surface area contributed by atoms with Crippen LogP contribution in [0.5, 0.6) is 0 Å². The number of nitrogens with zero attached hydrogens (tertiary/aromatic N) is 2. The van der Waals surface area contributed by atoms with Crippen LogP contribution in [0.4, 0.5) is 10.1 Å². The maximum Gasteiger partial charge on any atom is 0.339 e. The van der Waals surface area contributed by atoms with E-state index in [1.807, 2.05) is 19.1 Å². The summed E-state index contributed by atoms with van der Waals surface area (Å²) in [7, 11) is 0. The maximum absolute atomic E-state index is 13.3. The van der Waals surface area contributed by atoms with Crippen LogP contribution in [-0.4, -0.2) is 35.9 Å². The number of amides is 2. The highest BCUT2D eigenvalue weighted by molar-refractivity contribution is 6.06. The van der Waals surface area contributed by atoms with Gasteiger partial charge in [0, 0.05) is 29.7 Å². The fourth-order valence-electron chi connectivity index (χ4n) is 3.48. The molecule has 0 spiro atoms. The van der Waals surface area contributed by atoms with Gasteiger partial charge in [-0.2, -0.15) is 0 Å². The van der Waals surface area contributed by atoms with E-state index in [-0.39, 0.29) is 13.0 Å². The van der Waals surface area contributed by atoms with E-state index in [9.17, 15) is 18.8 Å². The highest BCUT2D eigenvalue weighted by Gasteiger charge is 2.22. The van der Waals surface area contributed by atoms with Crippen molar-refractivity contribution in [3.63, 3.8) is 0 Å². The Morgan fingerprint density at radius 3 is 2.44 bits per heavy atom. The lowest BCUT2D eigenvalue weighted by molar-refractivity contribution is -0.121. The van der Waals surface area contributed by atoms with Crippen LogP contribution in [0.25, 0.3) is 10.9 Å². The number of carbonyl (C=O) groups excluding carboxylic acids is 3. The number of fused-ring (bicyclic) bond motifs is 1. The second-order valence-electron chi connectivity index (χ2n) is 7.24. The fourth-order valence-corrected chi connectivity index (χ4v) is 3.48. The summed E-state index contributed by atoms with van der Waals surface area (Å²) in [4.78, 5) is 42.9. The van der Waals surface area contributed by atoms with Gasteiger partial charge in [-0.15, -0.1) is 0 Å². The lowest BCUT2D eigenvalue weighted by Crippen LogP contribution is -2.37. The van der Waals surface area contributed by atoms with Crippen molar-refractivity contribution in [2.45, 2.75) is 26.7 Å². The first kappa shape index (κ1) is 22.9. The molecule has 0 radical (unpaired) electrons. The average Bonchev–Trinajstić information content (AvgIpc) is 2.78. The van der Waals surface area contributed by atoms with E-state index in [0.717, 1.165) is 5.69 Å². The van der Waals surface area contributed by atoms with Gasteiger partial charge >= 0.3 is 5.97 Å². The molecule has 0 atom stereocenters. The van der Waals surface area contributed by atoms with Crippen molar-refractivity contribution in [2.75, 3.05) is 18.1 Å². The van der Waals surface area contributed by atoms with Crippen LogP contribution in [0.3, 0.4) is 0 Å². The molecule has 8 heteroatoms. The Morgan fingerprint density at radius 1 is 1.09 bits per heavy atom. The van der Waals surface area contributed by atoms with Gasteiger partial charge in [-0.3, -0.25) is 14.6 Å². The Kier molecular flexibility index (Phi) is 7.14. The molecule has 166 valence electrons. The van der Waals surface area contributed by atoms with Gasteiger partial charge in [0.05, 0.1) is 11.1 Å². The summed E-state index contributed by atoms with van der Waals surface area (Å²) < 4.78 is 18.6. The van der Waals surface area contributed by atoms with Gasteiger partial charge in [0.2, 0.25) is 5.91 Å². The maximum atomic E-state index is 13.3. The third-order valence-electron chi connectivity index (χ3n) is 5.12. The number of carbonyl (C=O) groups is 3. The highest BCUT2D eigenvalue weighted by atomic mass is 19.1. The van der Waals surface area contributed by atoms with E-state index < -0.39 is 30.2 Å². The fraction of sp³-hybridized carbons (Fsp3) is 0.250. The number of esters is 1. The second-order valence-corrected chi connectivity index (χ2v) is 7.24. The van der Waals surface area contributed by atoms with Crippen LogP contribution in [0.15, 0.2) is 48.5 Å². The topological polar surface area (TPSA) is 103 Å². The number of hydrogen-bond donors (Lipinski definition) is 1. The summed E-state index contributed by atoms with van der Waals surface area (Å²) in [5.41, 5.74) is 8.09. The summed E-state index contributed by atoms with van der Waals surface area (Å²) in [6, 6.07) is 12.4. The molecular weight excluding hydrogens is 413 g/mol. The predicted molar refractivity (Wildman–Crippen MR) is 119 cm³/mol. The van der Waals surface area contributed by atoms with Crippen molar-refractivity contribution in [1.82, 2.24) is 4.98 Å². The van der Waals surface area contributed by atoms with Crippen molar-refractivity contribution < 1.29 is 23.5 Å². The molecule has 1 aromatic heterocycles. The molecule has 0 saturated carbocycles. The third-order valence-corrected chi connectivity index (χ3v) is 5.12. The summed E-state index contributed by atoms with van der Waals surface area (Å²) in [6.45, 7) is 3.18. The monoisotopic (exact) mass is 437 g/mol.